The maximum Gasteiger partial charge on any atom is 0.263 e. The quantitative estimate of drug-likeness (QED) is 0.399. The first-order valence-corrected chi connectivity index (χ1v) is 12.4. The van der Waals surface area contributed by atoms with E-state index in [2.05, 4.69) is 30.6 Å². The molecule has 6 rings (SSSR count). The second-order valence-corrected chi connectivity index (χ2v) is 9.96. The third kappa shape index (κ3) is 4.00. The lowest BCUT2D eigenvalue weighted by atomic mass is 10.1. The van der Waals surface area contributed by atoms with Crippen molar-refractivity contribution in [1.82, 2.24) is 30.2 Å². The van der Waals surface area contributed by atoms with Gasteiger partial charge in [0.15, 0.2) is 0 Å². The highest BCUT2D eigenvalue weighted by Gasteiger charge is 2.26. The number of halogens is 1. The summed E-state index contributed by atoms with van der Waals surface area (Å²) in [5, 5.41) is 7.28. The van der Waals surface area contributed by atoms with Crippen LogP contribution in [0.1, 0.15) is 35.0 Å². The molecule has 1 saturated heterocycles. The Hall–Kier alpha value is -3.57. The second kappa shape index (κ2) is 8.58. The Morgan fingerprint density at radius 1 is 1.23 bits per heavy atom. The largest absolute Gasteiger partial charge is 0.418 e. The smallest absolute Gasteiger partial charge is 0.263 e. The summed E-state index contributed by atoms with van der Waals surface area (Å²) < 4.78 is 6.92. The van der Waals surface area contributed by atoms with Gasteiger partial charge in [0.25, 0.3) is 5.91 Å². The number of rotatable bonds is 4. The number of nitrogens with one attached hydrogen (secondary N) is 2. The molecule has 0 aliphatic carbocycles. The van der Waals surface area contributed by atoms with Crippen LogP contribution < -0.4 is 15.4 Å². The van der Waals surface area contributed by atoms with E-state index in [0.29, 0.717) is 47.5 Å². The van der Waals surface area contributed by atoms with E-state index < -0.39 is 0 Å². The van der Waals surface area contributed by atoms with E-state index in [4.69, 9.17) is 16.3 Å². The fraction of sp³-hybridized carbons (Fsp3) is 0.304. The van der Waals surface area contributed by atoms with Crippen LogP contribution in [0.3, 0.4) is 0 Å². The van der Waals surface area contributed by atoms with E-state index in [1.165, 1.54) is 17.5 Å². The van der Waals surface area contributed by atoms with Crippen LogP contribution in [0.5, 0.6) is 11.8 Å². The van der Waals surface area contributed by atoms with E-state index in [1.807, 2.05) is 19.1 Å². The number of fused-ring (bicyclic) bond motifs is 5. The predicted octanol–water partition coefficient (Wildman–Crippen LogP) is 3.75. The highest BCUT2D eigenvalue weighted by molar-refractivity contribution is 7.21. The Bertz CT molecular complexity index is 1510. The molecule has 0 spiro atoms. The molecule has 35 heavy (non-hydrogen) atoms. The minimum absolute atomic E-state index is 0.0166. The minimum Gasteiger partial charge on any atom is -0.418 e. The van der Waals surface area contributed by atoms with Crippen molar-refractivity contribution in [2.75, 3.05) is 18.4 Å². The lowest BCUT2D eigenvalue weighted by Crippen LogP contribution is -2.34. The highest BCUT2D eigenvalue weighted by atomic mass is 35.5. The molecule has 10 nitrogen and oxygen atoms in total. The number of anilines is 1. The summed E-state index contributed by atoms with van der Waals surface area (Å²) in [6, 6.07) is 3.80. The standard InChI is InChI=1S/C23H20ClN7O3S/c1-11-7-25-19-17-14(35-20(19)21(33)28-11)5-4-13-18(17)26-9-15(29-13)34-22-12(8-27-23(24)30-22)10-31-6-2-3-16(31)32/h4-5,8-9,11,25H,2-3,6-7,10H2,1H3,(H,28,33)/t11-/m1/s1. The fourth-order valence-corrected chi connectivity index (χ4v) is 5.58. The molecule has 0 radical (unpaired) electrons. The van der Waals surface area contributed by atoms with Crippen LogP contribution in [-0.2, 0) is 11.3 Å². The first-order valence-electron chi connectivity index (χ1n) is 11.2. The zero-order chi connectivity index (χ0) is 24.1. The number of amides is 2. The number of likely N-dealkylation sites (tertiary alicyclic amines) is 1. The van der Waals surface area contributed by atoms with Crippen molar-refractivity contribution in [3.8, 4) is 11.8 Å². The van der Waals surface area contributed by atoms with Gasteiger partial charge in [-0.2, -0.15) is 4.98 Å². The van der Waals surface area contributed by atoms with Gasteiger partial charge >= 0.3 is 0 Å². The van der Waals surface area contributed by atoms with Crippen molar-refractivity contribution in [3.05, 3.63) is 40.3 Å². The third-order valence-electron chi connectivity index (χ3n) is 6.04. The van der Waals surface area contributed by atoms with Gasteiger partial charge in [-0.05, 0) is 37.1 Å². The molecule has 3 aromatic heterocycles. The summed E-state index contributed by atoms with van der Waals surface area (Å²) in [5.41, 5.74) is 2.70. The van der Waals surface area contributed by atoms with E-state index in [9.17, 15) is 9.59 Å². The van der Waals surface area contributed by atoms with Gasteiger partial charge in [0.2, 0.25) is 23.0 Å². The molecule has 2 amide bonds. The summed E-state index contributed by atoms with van der Waals surface area (Å²) in [4.78, 5) is 44.6. The van der Waals surface area contributed by atoms with Crippen LogP contribution in [0, 0.1) is 0 Å². The number of carbonyl (C=O) groups is 2. The Morgan fingerprint density at radius 2 is 2.11 bits per heavy atom. The van der Waals surface area contributed by atoms with Gasteiger partial charge < -0.3 is 20.3 Å². The topological polar surface area (TPSA) is 122 Å². The molecular formula is C23H20ClN7O3S. The zero-order valence-corrected chi connectivity index (χ0v) is 20.2. The van der Waals surface area contributed by atoms with Crippen molar-refractivity contribution in [1.29, 1.82) is 0 Å². The van der Waals surface area contributed by atoms with Gasteiger partial charge in [0.05, 0.1) is 35.0 Å². The predicted molar refractivity (Wildman–Crippen MR) is 132 cm³/mol. The number of ether oxygens (including phenoxy) is 1. The molecule has 2 aliphatic rings. The van der Waals surface area contributed by atoms with Gasteiger partial charge in [-0.3, -0.25) is 9.59 Å². The molecule has 5 heterocycles. The lowest BCUT2D eigenvalue weighted by Gasteiger charge is -2.17. The molecule has 2 aliphatic heterocycles. The first-order chi connectivity index (χ1) is 17.0. The molecule has 0 unspecified atom stereocenters. The number of benzene rings is 1. The van der Waals surface area contributed by atoms with Crippen LogP contribution in [0.2, 0.25) is 5.28 Å². The Morgan fingerprint density at radius 3 is 2.94 bits per heavy atom. The third-order valence-corrected chi connectivity index (χ3v) is 7.38. The normalized spacial score (nSPS) is 17.9. The van der Waals surface area contributed by atoms with Gasteiger partial charge in [-0.1, -0.05) is 0 Å². The van der Waals surface area contributed by atoms with Crippen LogP contribution in [0.4, 0.5) is 5.69 Å². The molecule has 4 aromatic rings. The van der Waals surface area contributed by atoms with E-state index in [-0.39, 0.29) is 34.9 Å². The number of aromatic nitrogens is 4. The molecular weight excluding hydrogens is 490 g/mol. The van der Waals surface area contributed by atoms with Gasteiger partial charge in [0, 0.05) is 41.8 Å². The van der Waals surface area contributed by atoms with E-state index in [0.717, 1.165) is 22.2 Å². The minimum atomic E-state index is -0.0931. The van der Waals surface area contributed by atoms with E-state index >= 15 is 0 Å². The maximum atomic E-state index is 12.6. The van der Waals surface area contributed by atoms with Crippen molar-refractivity contribution in [2.24, 2.45) is 0 Å². The summed E-state index contributed by atoms with van der Waals surface area (Å²) in [6.07, 6.45) is 4.45. The molecule has 2 N–H and O–H groups in total. The Kier molecular flexibility index (Phi) is 5.37. The van der Waals surface area contributed by atoms with Crippen LogP contribution in [0.25, 0.3) is 21.1 Å². The second-order valence-electron chi connectivity index (χ2n) is 8.57. The molecule has 178 valence electrons. The SMILES string of the molecule is C[C@@H]1CNc2c(sc3ccc4nc(Oc5nc(Cl)ncc5CN5CCCC5=O)cnc4c23)C(=O)N1. The Balaban J connectivity index is 1.37. The van der Waals surface area contributed by atoms with Crippen LogP contribution >= 0.6 is 22.9 Å². The fourth-order valence-electron chi connectivity index (χ4n) is 4.37. The summed E-state index contributed by atoms with van der Waals surface area (Å²) >= 11 is 7.45. The van der Waals surface area contributed by atoms with Crippen molar-refractivity contribution in [3.63, 3.8) is 0 Å². The molecule has 12 heteroatoms. The average molecular weight is 510 g/mol. The van der Waals surface area contributed by atoms with Crippen LogP contribution in [-0.4, -0.2) is 55.8 Å². The number of carbonyl (C=O) groups excluding carboxylic acids is 2. The van der Waals surface area contributed by atoms with Gasteiger partial charge in [-0.15, -0.1) is 11.3 Å². The van der Waals surface area contributed by atoms with Gasteiger partial charge in [0.1, 0.15) is 4.88 Å². The molecule has 0 bridgehead atoms. The van der Waals surface area contributed by atoms with Crippen molar-refractivity contribution < 1.29 is 14.3 Å². The number of nitrogens with zero attached hydrogens (tertiary/aromatic N) is 5. The Labute approximate surface area is 208 Å². The number of hydrogen-bond acceptors (Lipinski definition) is 9. The monoisotopic (exact) mass is 509 g/mol. The van der Waals surface area contributed by atoms with Crippen LogP contribution in [0.15, 0.2) is 24.5 Å². The summed E-state index contributed by atoms with van der Waals surface area (Å²) in [5.74, 6) is 0.467. The van der Waals surface area contributed by atoms with Gasteiger partial charge in [-0.25, -0.2) is 15.0 Å². The number of hydrogen-bond donors (Lipinski definition) is 2. The average Bonchev–Trinajstić information content (AvgIpc) is 3.38. The summed E-state index contributed by atoms with van der Waals surface area (Å²) in [6.45, 7) is 3.59. The molecule has 1 atom stereocenters. The summed E-state index contributed by atoms with van der Waals surface area (Å²) in [7, 11) is 0. The lowest BCUT2D eigenvalue weighted by molar-refractivity contribution is -0.128. The zero-order valence-electron chi connectivity index (χ0n) is 18.7. The first kappa shape index (κ1) is 21.9. The molecule has 1 aromatic carbocycles. The van der Waals surface area contributed by atoms with Crippen molar-refractivity contribution >= 4 is 61.6 Å². The van der Waals surface area contributed by atoms with E-state index in [1.54, 1.807) is 11.1 Å². The maximum absolute atomic E-state index is 12.6. The van der Waals surface area contributed by atoms with Crippen molar-refractivity contribution in [2.45, 2.75) is 32.4 Å². The number of thiophene rings is 1. The highest BCUT2D eigenvalue weighted by Crippen LogP contribution is 2.40. The molecule has 0 saturated carbocycles. The molecule has 1 fully saturated rings.